The van der Waals surface area contributed by atoms with Gasteiger partial charge in [-0.25, -0.2) is 19.4 Å². The normalized spacial score (nSPS) is 20.0. The zero-order valence-corrected chi connectivity index (χ0v) is 35.1. The van der Waals surface area contributed by atoms with Gasteiger partial charge in [0.1, 0.15) is 23.6 Å². The number of piperidine rings is 1. The molecule has 16 heteroatoms. The number of hydrogen-bond donors (Lipinski definition) is 1. The molecule has 0 radical (unpaired) electrons. The van der Waals surface area contributed by atoms with E-state index >= 15 is 0 Å². The number of hydrogen-bond acceptors (Lipinski definition) is 12. The number of ether oxygens (including phenoxy) is 4. The van der Waals surface area contributed by atoms with E-state index in [0.29, 0.717) is 40.0 Å². The lowest BCUT2D eigenvalue weighted by atomic mass is 9.78. The van der Waals surface area contributed by atoms with Crippen molar-refractivity contribution in [3.8, 4) is 17.1 Å². The van der Waals surface area contributed by atoms with Gasteiger partial charge in [0.2, 0.25) is 0 Å². The molecule has 4 aliphatic rings. The third-order valence-electron chi connectivity index (χ3n) is 11.6. The lowest BCUT2D eigenvalue weighted by Crippen LogP contribution is -2.58. The molecule has 2 fully saturated rings. The monoisotopic (exact) mass is 815 g/mol. The van der Waals surface area contributed by atoms with Gasteiger partial charge in [0.15, 0.2) is 11.0 Å². The van der Waals surface area contributed by atoms with Crippen molar-refractivity contribution in [1.82, 2.24) is 24.3 Å². The maximum absolute atomic E-state index is 13.7. The van der Waals surface area contributed by atoms with E-state index in [1.807, 2.05) is 19.1 Å². The quantitative estimate of drug-likeness (QED) is 0.167. The molecule has 0 spiro atoms. The molecule has 1 atom stereocenters. The number of aliphatic hydroxyl groups is 1. The van der Waals surface area contributed by atoms with Crippen LogP contribution in [-0.4, -0.2) is 110 Å². The van der Waals surface area contributed by atoms with Crippen LogP contribution in [0.4, 0.5) is 9.59 Å². The summed E-state index contributed by atoms with van der Waals surface area (Å²) in [6.07, 6.45) is 0.191. The maximum atomic E-state index is 13.7. The first-order valence-corrected chi connectivity index (χ1v) is 20.3. The minimum absolute atomic E-state index is 0.0353. The number of fused-ring (bicyclic) bond motifs is 5. The molecule has 1 aromatic carbocycles. The molecule has 316 valence electrons. The highest BCUT2D eigenvalue weighted by Gasteiger charge is 2.53. The van der Waals surface area contributed by atoms with Gasteiger partial charge in [0, 0.05) is 55.8 Å². The van der Waals surface area contributed by atoms with E-state index in [0.717, 1.165) is 5.56 Å². The smallest absolute Gasteiger partial charge is 0.415 e. The number of aromatic nitrogens is 2. The third-order valence-corrected chi connectivity index (χ3v) is 11.6. The molecule has 7 rings (SSSR count). The average Bonchev–Trinajstić information content (AvgIpc) is 3.55. The fraction of sp³-hybridized carbons (Fsp3) is 0.558. The first-order valence-electron chi connectivity index (χ1n) is 20.3. The summed E-state index contributed by atoms with van der Waals surface area (Å²) in [7, 11) is 0. The van der Waals surface area contributed by atoms with E-state index in [1.54, 1.807) is 75.0 Å². The number of urea groups is 1. The summed E-state index contributed by atoms with van der Waals surface area (Å²) in [6, 6.07) is 6.86. The summed E-state index contributed by atoms with van der Waals surface area (Å²) >= 11 is 0. The molecule has 2 saturated heterocycles. The second-order valence-electron chi connectivity index (χ2n) is 17.8. The topological polar surface area (TPSA) is 187 Å². The van der Waals surface area contributed by atoms with Crippen LogP contribution in [0.5, 0.6) is 5.75 Å². The molecule has 16 nitrogen and oxygen atoms in total. The number of esters is 3. The zero-order valence-electron chi connectivity index (χ0n) is 35.1. The Morgan fingerprint density at radius 2 is 1.44 bits per heavy atom. The van der Waals surface area contributed by atoms with Gasteiger partial charge in [-0.05, 0) is 91.0 Å². The first kappa shape index (κ1) is 41.6. The summed E-state index contributed by atoms with van der Waals surface area (Å²) in [4.78, 5) is 90.3. The van der Waals surface area contributed by atoms with Crippen LogP contribution in [0.3, 0.4) is 0 Å². The highest BCUT2D eigenvalue weighted by atomic mass is 16.6. The Labute approximate surface area is 342 Å². The molecule has 4 aliphatic heterocycles. The number of piperazine rings is 1. The predicted octanol–water partition coefficient (Wildman–Crippen LogP) is 4.64. The van der Waals surface area contributed by atoms with E-state index in [-0.39, 0.29) is 94.4 Å². The van der Waals surface area contributed by atoms with Crippen molar-refractivity contribution >= 4 is 40.9 Å². The number of aryl methyl sites for hydroxylation is 1. The van der Waals surface area contributed by atoms with Crippen LogP contribution in [-0.2, 0) is 53.8 Å². The average molecular weight is 816 g/mol. The molecule has 3 aromatic rings. The molecular formula is C43H53N5O11. The van der Waals surface area contributed by atoms with Gasteiger partial charge in [-0.15, -0.1) is 0 Å². The van der Waals surface area contributed by atoms with Crippen LogP contribution < -0.4 is 10.3 Å². The Hall–Kier alpha value is -5.51. The number of amides is 3. The van der Waals surface area contributed by atoms with Crippen LogP contribution in [0.1, 0.15) is 96.9 Å². The van der Waals surface area contributed by atoms with Gasteiger partial charge in [0.05, 0.1) is 29.0 Å². The van der Waals surface area contributed by atoms with Gasteiger partial charge in [-0.3, -0.25) is 14.4 Å². The second kappa shape index (κ2) is 14.9. The molecule has 6 heterocycles. The van der Waals surface area contributed by atoms with Crippen LogP contribution in [0, 0.1) is 5.41 Å². The van der Waals surface area contributed by atoms with Gasteiger partial charge in [-0.1, -0.05) is 19.9 Å². The molecule has 0 unspecified atom stereocenters. The van der Waals surface area contributed by atoms with Crippen molar-refractivity contribution < 1.29 is 48.0 Å². The number of rotatable bonds is 5. The second-order valence-corrected chi connectivity index (χ2v) is 17.8. The fourth-order valence-electron chi connectivity index (χ4n) is 8.23. The van der Waals surface area contributed by atoms with E-state index in [9.17, 15) is 33.9 Å². The van der Waals surface area contributed by atoms with E-state index in [2.05, 4.69) is 0 Å². The SMILES string of the molecule is CCc1ccc(OC(=O)N2CCN(C(=O)N3CCC(C(=O)OC(C)(C)C)(C(=O)OC(C)(C)C)CC3)CC2)c2cc3c(nc12)-c1cc2c(c(=O)n1C3)COC(=O)[C@]2(O)CC. The minimum atomic E-state index is -1.94. The van der Waals surface area contributed by atoms with Crippen molar-refractivity contribution in [3.05, 3.63) is 56.9 Å². The standard InChI is InChI=1S/C43H53N5O11/c1-9-25-11-12-31(27-21-26-23-48-30(33(26)44-32(25)27)22-29-28(34(48)49)24-56-37(52)43(29,55)10-2)57-39(54)47-19-17-46(18-20-47)38(53)45-15-13-42(14-16-45,35(50)58-40(3,4)5)36(51)59-41(6,7)8/h11-12,21-22,55H,9-10,13-20,23-24H2,1-8H3/t43-/m0/s1. The van der Waals surface area contributed by atoms with Crippen molar-refractivity contribution in [2.75, 3.05) is 39.3 Å². The molecular weight excluding hydrogens is 762 g/mol. The summed E-state index contributed by atoms with van der Waals surface area (Å²) < 4.78 is 24.1. The Balaban J connectivity index is 1.04. The highest BCUT2D eigenvalue weighted by Crippen LogP contribution is 2.41. The highest BCUT2D eigenvalue weighted by molar-refractivity contribution is 6.01. The number of pyridine rings is 2. The molecule has 0 bridgehead atoms. The largest absolute Gasteiger partial charge is 0.459 e. The van der Waals surface area contributed by atoms with E-state index in [4.69, 9.17) is 23.9 Å². The predicted molar refractivity (Wildman–Crippen MR) is 213 cm³/mol. The van der Waals surface area contributed by atoms with Crippen LogP contribution in [0.15, 0.2) is 29.1 Å². The Kier molecular flexibility index (Phi) is 10.5. The molecule has 0 saturated carbocycles. The van der Waals surface area contributed by atoms with Crippen molar-refractivity contribution in [1.29, 1.82) is 0 Å². The van der Waals surface area contributed by atoms with Crippen LogP contribution in [0.2, 0.25) is 0 Å². The number of nitrogens with zero attached hydrogens (tertiary/aromatic N) is 5. The fourth-order valence-corrected chi connectivity index (χ4v) is 8.23. The van der Waals surface area contributed by atoms with Gasteiger partial charge in [0.25, 0.3) is 5.56 Å². The van der Waals surface area contributed by atoms with E-state index < -0.39 is 46.2 Å². The first-order chi connectivity index (χ1) is 27.7. The molecule has 0 aliphatic carbocycles. The number of cyclic esters (lactones) is 1. The maximum Gasteiger partial charge on any atom is 0.415 e. The molecule has 1 N–H and O–H groups in total. The van der Waals surface area contributed by atoms with Gasteiger partial charge in [-0.2, -0.15) is 0 Å². The van der Waals surface area contributed by atoms with Crippen LogP contribution in [0.25, 0.3) is 22.3 Å². The van der Waals surface area contributed by atoms with Crippen molar-refractivity contribution in [2.45, 2.75) is 111 Å². The number of carbonyl (C=O) groups is 5. The number of likely N-dealkylation sites (tertiary alicyclic amines) is 1. The van der Waals surface area contributed by atoms with E-state index in [1.165, 1.54) is 4.90 Å². The summed E-state index contributed by atoms with van der Waals surface area (Å²) in [6.45, 7) is 15.3. The van der Waals surface area contributed by atoms with Gasteiger partial charge >= 0.3 is 30.0 Å². The lowest BCUT2D eigenvalue weighted by molar-refractivity contribution is -0.188. The Morgan fingerprint density at radius 1 is 0.847 bits per heavy atom. The summed E-state index contributed by atoms with van der Waals surface area (Å²) in [5, 5.41) is 11.8. The molecule has 59 heavy (non-hydrogen) atoms. The van der Waals surface area contributed by atoms with Crippen LogP contribution >= 0.6 is 0 Å². The number of carbonyl (C=O) groups excluding carboxylic acids is 5. The Bertz CT molecular complexity index is 2280. The summed E-state index contributed by atoms with van der Waals surface area (Å²) in [5.41, 5.74) is -1.77. The third kappa shape index (κ3) is 7.51. The van der Waals surface area contributed by atoms with Crippen molar-refractivity contribution in [3.63, 3.8) is 0 Å². The summed E-state index contributed by atoms with van der Waals surface area (Å²) in [5.74, 6) is -1.81. The van der Waals surface area contributed by atoms with Gasteiger partial charge < -0.3 is 43.3 Å². The zero-order chi connectivity index (χ0) is 42.8. The molecule has 2 aromatic heterocycles. The van der Waals surface area contributed by atoms with Crippen molar-refractivity contribution in [2.24, 2.45) is 5.41 Å². The Morgan fingerprint density at radius 3 is 2.02 bits per heavy atom. The number of benzene rings is 1. The molecule has 3 amide bonds. The minimum Gasteiger partial charge on any atom is -0.459 e. The lowest BCUT2D eigenvalue weighted by Gasteiger charge is -2.43.